The van der Waals surface area contributed by atoms with E-state index < -0.39 is 0 Å². The zero-order valence-corrected chi connectivity index (χ0v) is 9.51. The fourth-order valence-electron chi connectivity index (χ4n) is 1.80. The average Bonchev–Trinajstić information content (AvgIpc) is 2.73. The van der Waals surface area contributed by atoms with Gasteiger partial charge in [-0.2, -0.15) is 5.26 Å². The number of nitrogens with zero attached hydrogens (tertiary/aromatic N) is 2. The van der Waals surface area contributed by atoms with Crippen LogP contribution >= 0.6 is 0 Å². The van der Waals surface area contributed by atoms with Gasteiger partial charge in [0.05, 0.1) is 18.2 Å². The molecule has 0 N–H and O–H groups in total. The Morgan fingerprint density at radius 3 is 3.00 bits per heavy atom. The molecule has 1 heterocycles. The van der Waals surface area contributed by atoms with Gasteiger partial charge < -0.3 is 9.30 Å². The molecule has 0 atom stereocenters. The maximum atomic E-state index is 11.4. The lowest BCUT2D eigenvalue weighted by molar-refractivity contribution is -0.143. The lowest BCUT2D eigenvalue weighted by Crippen LogP contribution is -2.12. The van der Waals surface area contributed by atoms with Crippen LogP contribution in [0, 0.1) is 11.3 Å². The number of esters is 1. The van der Waals surface area contributed by atoms with E-state index in [0.717, 1.165) is 10.9 Å². The summed E-state index contributed by atoms with van der Waals surface area (Å²) in [6, 6.07) is 9.43. The maximum Gasteiger partial charge on any atom is 0.325 e. The van der Waals surface area contributed by atoms with Gasteiger partial charge in [-0.3, -0.25) is 4.79 Å². The molecule has 0 radical (unpaired) electrons. The molecule has 0 spiro atoms. The van der Waals surface area contributed by atoms with Crippen LogP contribution in [0.15, 0.2) is 30.5 Å². The van der Waals surface area contributed by atoms with Crippen LogP contribution in [0.3, 0.4) is 0 Å². The zero-order chi connectivity index (χ0) is 12.3. The van der Waals surface area contributed by atoms with E-state index in [4.69, 9.17) is 10.00 Å². The summed E-state index contributed by atoms with van der Waals surface area (Å²) in [5.41, 5.74) is 1.49. The molecule has 1 aromatic heterocycles. The summed E-state index contributed by atoms with van der Waals surface area (Å²) in [6.07, 6.45) is 1.79. The monoisotopic (exact) mass is 228 g/mol. The van der Waals surface area contributed by atoms with Gasteiger partial charge in [-0.25, -0.2) is 0 Å². The van der Waals surface area contributed by atoms with Gasteiger partial charge >= 0.3 is 5.97 Å². The van der Waals surface area contributed by atoms with Crippen molar-refractivity contribution in [1.82, 2.24) is 4.57 Å². The van der Waals surface area contributed by atoms with Crippen LogP contribution in [-0.2, 0) is 16.1 Å². The number of rotatable bonds is 3. The first-order valence-electron chi connectivity index (χ1n) is 5.40. The summed E-state index contributed by atoms with van der Waals surface area (Å²) in [4.78, 5) is 11.4. The summed E-state index contributed by atoms with van der Waals surface area (Å²) in [5.74, 6) is -0.271. The number of fused-ring (bicyclic) bond motifs is 1. The van der Waals surface area contributed by atoms with Crippen LogP contribution in [0.5, 0.6) is 0 Å². The van der Waals surface area contributed by atoms with Gasteiger partial charge in [-0.05, 0) is 25.1 Å². The topological polar surface area (TPSA) is 55.0 Å². The van der Waals surface area contributed by atoms with Crippen molar-refractivity contribution in [2.45, 2.75) is 13.5 Å². The van der Waals surface area contributed by atoms with Crippen molar-refractivity contribution in [2.75, 3.05) is 6.61 Å². The first kappa shape index (κ1) is 11.2. The van der Waals surface area contributed by atoms with Crippen LogP contribution in [0.2, 0.25) is 0 Å². The fraction of sp³-hybridized carbons (Fsp3) is 0.231. The van der Waals surface area contributed by atoms with E-state index in [9.17, 15) is 4.79 Å². The summed E-state index contributed by atoms with van der Waals surface area (Å²) in [5, 5.41) is 9.82. The van der Waals surface area contributed by atoms with Crippen molar-refractivity contribution in [3.8, 4) is 6.07 Å². The van der Waals surface area contributed by atoms with E-state index in [2.05, 4.69) is 6.07 Å². The smallest absolute Gasteiger partial charge is 0.325 e. The zero-order valence-electron chi connectivity index (χ0n) is 9.51. The molecular weight excluding hydrogens is 216 g/mol. The van der Waals surface area contributed by atoms with Crippen molar-refractivity contribution >= 4 is 16.9 Å². The van der Waals surface area contributed by atoms with Crippen molar-refractivity contribution in [2.24, 2.45) is 0 Å². The molecule has 1 aromatic carbocycles. The number of benzene rings is 1. The number of nitriles is 1. The Labute approximate surface area is 99.0 Å². The predicted octanol–water partition coefficient (Wildman–Crippen LogP) is 2.08. The third-order valence-corrected chi connectivity index (χ3v) is 2.54. The molecule has 4 nitrogen and oxygen atoms in total. The number of carbonyl (C=O) groups is 1. The number of carbonyl (C=O) groups excluding carboxylic acids is 1. The third kappa shape index (κ3) is 2.13. The van der Waals surface area contributed by atoms with Crippen LogP contribution < -0.4 is 0 Å². The van der Waals surface area contributed by atoms with Crippen LogP contribution in [-0.4, -0.2) is 17.1 Å². The summed E-state index contributed by atoms with van der Waals surface area (Å²) in [6.45, 7) is 2.33. The van der Waals surface area contributed by atoms with Gasteiger partial charge in [0, 0.05) is 17.1 Å². The molecule has 0 fully saturated rings. The minimum atomic E-state index is -0.271. The quantitative estimate of drug-likeness (QED) is 0.756. The highest BCUT2D eigenvalue weighted by Crippen LogP contribution is 2.19. The minimum Gasteiger partial charge on any atom is -0.465 e. The van der Waals surface area contributed by atoms with Crippen molar-refractivity contribution in [1.29, 1.82) is 5.26 Å². The van der Waals surface area contributed by atoms with E-state index in [1.807, 2.05) is 18.2 Å². The minimum absolute atomic E-state index is 0.173. The summed E-state index contributed by atoms with van der Waals surface area (Å²) >= 11 is 0. The number of ether oxygens (including phenoxy) is 1. The van der Waals surface area contributed by atoms with Gasteiger partial charge in [-0.1, -0.05) is 6.07 Å². The summed E-state index contributed by atoms with van der Waals surface area (Å²) in [7, 11) is 0. The lowest BCUT2D eigenvalue weighted by atomic mass is 10.1. The molecule has 0 amide bonds. The van der Waals surface area contributed by atoms with Crippen molar-refractivity contribution < 1.29 is 9.53 Å². The first-order valence-corrected chi connectivity index (χ1v) is 5.40. The van der Waals surface area contributed by atoms with Gasteiger partial charge in [0.15, 0.2) is 0 Å². The molecule has 0 aliphatic heterocycles. The van der Waals surface area contributed by atoms with E-state index in [0.29, 0.717) is 12.2 Å². The number of hydrogen-bond donors (Lipinski definition) is 0. The van der Waals surface area contributed by atoms with E-state index >= 15 is 0 Å². The van der Waals surface area contributed by atoms with Gasteiger partial charge in [-0.15, -0.1) is 0 Å². The van der Waals surface area contributed by atoms with E-state index in [1.54, 1.807) is 23.8 Å². The average molecular weight is 228 g/mol. The van der Waals surface area contributed by atoms with Crippen LogP contribution in [0.1, 0.15) is 12.5 Å². The molecule has 2 rings (SSSR count). The lowest BCUT2D eigenvalue weighted by Gasteiger charge is -2.05. The molecule has 2 aromatic rings. The van der Waals surface area contributed by atoms with Crippen molar-refractivity contribution in [3.05, 3.63) is 36.0 Å². The Balaban J connectivity index is 2.37. The Bertz CT molecular complexity index is 593. The highest BCUT2D eigenvalue weighted by molar-refractivity contribution is 5.87. The molecule has 0 aliphatic rings. The highest BCUT2D eigenvalue weighted by atomic mass is 16.5. The van der Waals surface area contributed by atoms with Crippen LogP contribution in [0.4, 0.5) is 0 Å². The molecule has 0 saturated carbocycles. The summed E-state index contributed by atoms with van der Waals surface area (Å²) < 4.78 is 6.68. The molecule has 17 heavy (non-hydrogen) atoms. The maximum absolute atomic E-state index is 11.4. The van der Waals surface area contributed by atoms with E-state index in [1.165, 1.54) is 0 Å². The predicted molar refractivity (Wildman–Crippen MR) is 63.3 cm³/mol. The van der Waals surface area contributed by atoms with Gasteiger partial charge in [0.25, 0.3) is 0 Å². The molecule has 0 unspecified atom stereocenters. The molecule has 0 saturated heterocycles. The number of hydrogen-bond acceptors (Lipinski definition) is 3. The highest BCUT2D eigenvalue weighted by Gasteiger charge is 2.08. The second-order valence-electron chi connectivity index (χ2n) is 3.60. The second kappa shape index (κ2) is 4.71. The SMILES string of the molecule is CCOC(=O)Cn1ccc2c(C#N)cccc21. The number of aromatic nitrogens is 1. The molecular formula is C13H12N2O2. The molecule has 86 valence electrons. The Kier molecular flexibility index (Phi) is 3.10. The Morgan fingerprint density at radius 1 is 1.47 bits per heavy atom. The second-order valence-corrected chi connectivity index (χ2v) is 3.60. The fourth-order valence-corrected chi connectivity index (χ4v) is 1.80. The van der Waals surface area contributed by atoms with Crippen molar-refractivity contribution in [3.63, 3.8) is 0 Å². The van der Waals surface area contributed by atoms with Gasteiger partial charge in [0.2, 0.25) is 0 Å². The first-order chi connectivity index (χ1) is 8.26. The Morgan fingerprint density at radius 2 is 2.29 bits per heavy atom. The third-order valence-electron chi connectivity index (χ3n) is 2.54. The normalized spacial score (nSPS) is 10.1. The molecule has 0 aliphatic carbocycles. The van der Waals surface area contributed by atoms with Crippen LogP contribution in [0.25, 0.3) is 10.9 Å². The van der Waals surface area contributed by atoms with E-state index in [-0.39, 0.29) is 12.5 Å². The Hall–Kier alpha value is -2.28. The van der Waals surface area contributed by atoms with Gasteiger partial charge in [0.1, 0.15) is 6.54 Å². The largest absolute Gasteiger partial charge is 0.465 e. The molecule has 4 heteroatoms. The molecule has 0 bridgehead atoms. The standard InChI is InChI=1S/C13H12N2O2/c1-2-17-13(16)9-15-7-6-11-10(8-14)4-3-5-12(11)15/h3-7H,2,9H2,1H3.